The van der Waals surface area contributed by atoms with Gasteiger partial charge in [0.2, 0.25) is 23.6 Å². The van der Waals surface area contributed by atoms with E-state index in [1.807, 2.05) is 4.90 Å². The Kier molecular flexibility index (Phi) is 5.00. The molecule has 0 radical (unpaired) electrons. The highest BCUT2D eigenvalue weighted by molar-refractivity contribution is 5.94. The number of rotatable bonds is 6. The SMILES string of the molecule is Cc1noc(CN2C(=O)CN(CCCN3CCCC3=O)C(=O)[C@@H]2C)n1. The van der Waals surface area contributed by atoms with E-state index in [4.69, 9.17) is 4.52 Å². The van der Waals surface area contributed by atoms with Crippen molar-refractivity contribution in [3.63, 3.8) is 0 Å². The van der Waals surface area contributed by atoms with Crippen molar-refractivity contribution in [3.8, 4) is 0 Å². The number of carbonyl (C=O) groups excluding carboxylic acids is 3. The lowest BCUT2D eigenvalue weighted by Crippen LogP contribution is -2.58. The molecular formula is C16H23N5O4. The average molecular weight is 349 g/mol. The van der Waals surface area contributed by atoms with Gasteiger partial charge in [0.1, 0.15) is 12.6 Å². The van der Waals surface area contributed by atoms with Crippen molar-refractivity contribution in [1.82, 2.24) is 24.8 Å². The van der Waals surface area contributed by atoms with Crippen molar-refractivity contribution < 1.29 is 18.9 Å². The third-order valence-electron chi connectivity index (χ3n) is 4.69. The summed E-state index contributed by atoms with van der Waals surface area (Å²) in [5.74, 6) is 0.766. The van der Waals surface area contributed by atoms with Crippen LogP contribution in [0.2, 0.25) is 0 Å². The van der Waals surface area contributed by atoms with Crippen LogP contribution in [0.5, 0.6) is 0 Å². The molecule has 9 heteroatoms. The number of amides is 3. The van der Waals surface area contributed by atoms with Crippen molar-refractivity contribution in [2.75, 3.05) is 26.2 Å². The molecule has 2 aliphatic heterocycles. The number of nitrogens with zero attached hydrogens (tertiary/aromatic N) is 5. The minimum atomic E-state index is -0.568. The fraction of sp³-hybridized carbons (Fsp3) is 0.688. The highest BCUT2D eigenvalue weighted by Gasteiger charge is 2.37. The van der Waals surface area contributed by atoms with Crippen LogP contribution < -0.4 is 0 Å². The second-order valence-corrected chi connectivity index (χ2v) is 6.53. The van der Waals surface area contributed by atoms with Crippen LogP contribution in [0.3, 0.4) is 0 Å². The van der Waals surface area contributed by atoms with Crippen LogP contribution in [0.1, 0.15) is 37.9 Å². The second kappa shape index (κ2) is 7.20. The molecule has 3 heterocycles. The van der Waals surface area contributed by atoms with Crippen molar-refractivity contribution >= 4 is 17.7 Å². The zero-order valence-corrected chi connectivity index (χ0v) is 14.6. The number of carbonyl (C=O) groups is 3. The van der Waals surface area contributed by atoms with Crippen molar-refractivity contribution in [2.45, 2.75) is 45.7 Å². The minimum Gasteiger partial charge on any atom is -0.343 e. The Hall–Kier alpha value is -2.45. The lowest BCUT2D eigenvalue weighted by Gasteiger charge is -2.38. The minimum absolute atomic E-state index is 0.0459. The Morgan fingerprint density at radius 1 is 1.16 bits per heavy atom. The Morgan fingerprint density at radius 3 is 2.56 bits per heavy atom. The Balaban J connectivity index is 1.53. The Labute approximate surface area is 145 Å². The van der Waals surface area contributed by atoms with E-state index in [-0.39, 0.29) is 30.8 Å². The van der Waals surface area contributed by atoms with Crippen molar-refractivity contribution in [2.24, 2.45) is 0 Å². The molecule has 0 saturated carbocycles. The molecule has 25 heavy (non-hydrogen) atoms. The first-order valence-corrected chi connectivity index (χ1v) is 8.61. The summed E-state index contributed by atoms with van der Waals surface area (Å²) in [4.78, 5) is 45.5. The molecule has 0 spiro atoms. The average Bonchev–Trinajstić information content (AvgIpc) is 3.17. The predicted molar refractivity (Wildman–Crippen MR) is 86.1 cm³/mol. The monoisotopic (exact) mass is 349 g/mol. The summed E-state index contributed by atoms with van der Waals surface area (Å²) in [5.41, 5.74) is 0. The molecule has 1 aromatic heterocycles. The summed E-state index contributed by atoms with van der Waals surface area (Å²) < 4.78 is 5.04. The van der Waals surface area contributed by atoms with Crippen molar-refractivity contribution in [3.05, 3.63) is 11.7 Å². The van der Waals surface area contributed by atoms with Crippen LogP contribution in [-0.2, 0) is 20.9 Å². The van der Waals surface area contributed by atoms with Gasteiger partial charge < -0.3 is 19.2 Å². The van der Waals surface area contributed by atoms with E-state index in [0.717, 1.165) is 13.0 Å². The van der Waals surface area contributed by atoms with Crippen LogP contribution in [0.15, 0.2) is 4.52 Å². The molecular weight excluding hydrogens is 326 g/mol. The summed E-state index contributed by atoms with van der Waals surface area (Å²) in [7, 11) is 0. The van der Waals surface area contributed by atoms with E-state index < -0.39 is 6.04 Å². The van der Waals surface area contributed by atoms with Gasteiger partial charge in [-0.25, -0.2) is 0 Å². The maximum atomic E-state index is 12.6. The molecule has 1 aromatic rings. The molecule has 0 unspecified atom stereocenters. The molecule has 9 nitrogen and oxygen atoms in total. The number of aryl methyl sites for hydroxylation is 1. The Morgan fingerprint density at radius 2 is 1.92 bits per heavy atom. The highest BCUT2D eigenvalue weighted by atomic mass is 16.5. The molecule has 2 aliphatic rings. The predicted octanol–water partition coefficient (Wildman–Crippen LogP) is -0.0502. The van der Waals surface area contributed by atoms with Gasteiger partial charge in [-0.05, 0) is 26.7 Å². The molecule has 1 atom stereocenters. The van der Waals surface area contributed by atoms with Gasteiger partial charge in [0.05, 0.1) is 6.54 Å². The number of piperazine rings is 1. The summed E-state index contributed by atoms with van der Waals surface area (Å²) in [6, 6.07) is -0.568. The molecule has 3 rings (SSSR count). The van der Waals surface area contributed by atoms with Gasteiger partial charge in [-0.15, -0.1) is 0 Å². The molecule has 0 aromatic carbocycles. The second-order valence-electron chi connectivity index (χ2n) is 6.53. The summed E-state index contributed by atoms with van der Waals surface area (Å²) in [6.45, 7) is 5.50. The van der Waals surface area contributed by atoms with Crippen LogP contribution in [0.4, 0.5) is 0 Å². The lowest BCUT2D eigenvalue weighted by molar-refractivity contribution is -0.156. The zero-order valence-electron chi connectivity index (χ0n) is 14.6. The topological polar surface area (TPSA) is 99.9 Å². The van der Waals surface area contributed by atoms with Crippen LogP contribution in [0, 0.1) is 6.92 Å². The quantitative estimate of drug-likeness (QED) is 0.714. The highest BCUT2D eigenvalue weighted by Crippen LogP contribution is 2.16. The summed E-state index contributed by atoms with van der Waals surface area (Å²) >= 11 is 0. The molecule has 2 fully saturated rings. The fourth-order valence-corrected chi connectivity index (χ4v) is 3.30. The molecule has 0 N–H and O–H groups in total. The molecule has 3 amide bonds. The van der Waals surface area contributed by atoms with Gasteiger partial charge in [0, 0.05) is 26.1 Å². The molecule has 136 valence electrons. The smallest absolute Gasteiger partial charge is 0.246 e. The van der Waals surface area contributed by atoms with Gasteiger partial charge >= 0.3 is 0 Å². The van der Waals surface area contributed by atoms with Gasteiger partial charge in [0.25, 0.3) is 0 Å². The van der Waals surface area contributed by atoms with E-state index in [9.17, 15) is 14.4 Å². The maximum absolute atomic E-state index is 12.6. The Bertz CT molecular complexity index is 673. The zero-order chi connectivity index (χ0) is 18.0. The van der Waals surface area contributed by atoms with Crippen LogP contribution >= 0.6 is 0 Å². The number of hydrogen-bond acceptors (Lipinski definition) is 6. The summed E-state index contributed by atoms with van der Waals surface area (Å²) in [5, 5.41) is 3.70. The number of aromatic nitrogens is 2. The van der Waals surface area contributed by atoms with Gasteiger partial charge in [-0.2, -0.15) is 4.98 Å². The normalized spacial score (nSPS) is 21.6. The largest absolute Gasteiger partial charge is 0.343 e. The molecule has 0 aliphatic carbocycles. The molecule has 2 saturated heterocycles. The fourth-order valence-electron chi connectivity index (χ4n) is 3.30. The lowest BCUT2D eigenvalue weighted by atomic mass is 10.1. The first-order valence-electron chi connectivity index (χ1n) is 8.61. The van der Waals surface area contributed by atoms with Crippen molar-refractivity contribution in [1.29, 1.82) is 0 Å². The van der Waals surface area contributed by atoms with Crippen LogP contribution in [-0.4, -0.2) is 74.8 Å². The number of hydrogen-bond donors (Lipinski definition) is 0. The van der Waals surface area contributed by atoms with E-state index in [0.29, 0.717) is 37.6 Å². The number of likely N-dealkylation sites (tertiary alicyclic amines) is 1. The third kappa shape index (κ3) is 3.80. The van der Waals surface area contributed by atoms with Gasteiger partial charge in [0.15, 0.2) is 5.82 Å². The third-order valence-corrected chi connectivity index (χ3v) is 4.69. The first kappa shape index (κ1) is 17.4. The van der Waals surface area contributed by atoms with E-state index in [1.54, 1.807) is 18.7 Å². The van der Waals surface area contributed by atoms with Gasteiger partial charge in [-0.1, -0.05) is 5.16 Å². The van der Waals surface area contributed by atoms with Crippen LogP contribution in [0.25, 0.3) is 0 Å². The van der Waals surface area contributed by atoms with E-state index in [2.05, 4.69) is 10.1 Å². The van der Waals surface area contributed by atoms with E-state index in [1.165, 1.54) is 4.90 Å². The van der Waals surface area contributed by atoms with Gasteiger partial charge in [-0.3, -0.25) is 14.4 Å². The summed E-state index contributed by atoms with van der Waals surface area (Å²) in [6.07, 6.45) is 2.20. The van der Waals surface area contributed by atoms with E-state index >= 15 is 0 Å². The standard InChI is InChI=1S/C16H23N5O4/c1-11-16(24)20(8-4-7-19-6-3-5-14(19)22)10-15(23)21(11)9-13-17-12(2)18-25-13/h11H,3-10H2,1-2H3/t11-/m0/s1. The molecule has 0 bridgehead atoms. The first-order chi connectivity index (χ1) is 12.0. The maximum Gasteiger partial charge on any atom is 0.246 e.